The molecule has 0 radical (unpaired) electrons. The van der Waals surface area contributed by atoms with E-state index in [9.17, 15) is 13.5 Å². The fourth-order valence-electron chi connectivity index (χ4n) is 3.68. The highest BCUT2D eigenvalue weighted by Gasteiger charge is 2.49. The van der Waals surface area contributed by atoms with Crippen molar-refractivity contribution >= 4 is 10.0 Å². The Balaban J connectivity index is 1.88. The van der Waals surface area contributed by atoms with E-state index < -0.39 is 10.0 Å². The van der Waals surface area contributed by atoms with E-state index in [4.69, 9.17) is 0 Å². The summed E-state index contributed by atoms with van der Waals surface area (Å²) in [5, 5.41) is 9.98. The number of likely N-dealkylation sites (N-methyl/N-ethyl adjacent to an activating group) is 1. The molecule has 1 aliphatic rings. The molecule has 7 heteroatoms. The SMILES string of the molecule is CN(C[C@H]1[C@@H](c2ccccc2)[C@@H](CO)N1Cc1ccccn1)S(C)(=O)=O. The molecule has 0 amide bonds. The highest BCUT2D eigenvalue weighted by molar-refractivity contribution is 7.88. The number of aliphatic hydroxyl groups is 1. The molecule has 1 aromatic carbocycles. The van der Waals surface area contributed by atoms with Crippen molar-refractivity contribution in [3.05, 3.63) is 66.0 Å². The second kappa shape index (κ2) is 7.84. The highest BCUT2D eigenvalue weighted by atomic mass is 32.2. The molecule has 2 heterocycles. The second-order valence-corrected chi connectivity index (χ2v) is 8.88. The fourth-order valence-corrected chi connectivity index (χ4v) is 4.11. The number of aromatic nitrogens is 1. The van der Waals surface area contributed by atoms with E-state index in [1.807, 2.05) is 48.5 Å². The van der Waals surface area contributed by atoms with Gasteiger partial charge in [0.25, 0.3) is 0 Å². The summed E-state index contributed by atoms with van der Waals surface area (Å²) in [6, 6.07) is 15.7. The van der Waals surface area contributed by atoms with Crippen LogP contribution in [0.3, 0.4) is 0 Å². The molecule has 1 N–H and O–H groups in total. The monoisotopic (exact) mass is 375 g/mol. The topological polar surface area (TPSA) is 73.7 Å². The normalized spacial score (nSPS) is 23.8. The maximum absolute atomic E-state index is 11.9. The van der Waals surface area contributed by atoms with Gasteiger partial charge in [-0.1, -0.05) is 36.4 Å². The number of hydrogen-bond acceptors (Lipinski definition) is 5. The molecule has 0 saturated carbocycles. The van der Waals surface area contributed by atoms with Crippen LogP contribution in [0.2, 0.25) is 0 Å². The maximum atomic E-state index is 11.9. The molecule has 1 aromatic heterocycles. The van der Waals surface area contributed by atoms with Crippen molar-refractivity contribution in [2.45, 2.75) is 24.5 Å². The summed E-state index contributed by atoms with van der Waals surface area (Å²) in [5.74, 6) is 0.0779. The lowest BCUT2D eigenvalue weighted by atomic mass is 9.75. The number of pyridine rings is 1. The minimum Gasteiger partial charge on any atom is -0.395 e. The van der Waals surface area contributed by atoms with Gasteiger partial charge in [-0.15, -0.1) is 0 Å². The third-order valence-corrected chi connectivity index (χ3v) is 6.41. The first kappa shape index (κ1) is 19.0. The molecule has 1 saturated heterocycles. The predicted octanol–water partition coefficient (Wildman–Crippen LogP) is 1.30. The molecule has 0 aliphatic carbocycles. The Bertz CT molecular complexity index is 814. The molecule has 0 spiro atoms. The first-order valence-corrected chi connectivity index (χ1v) is 10.5. The van der Waals surface area contributed by atoms with Crippen molar-refractivity contribution in [3.63, 3.8) is 0 Å². The fraction of sp³-hybridized carbons (Fsp3) is 0.421. The van der Waals surface area contributed by atoms with Gasteiger partial charge in [0.1, 0.15) is 0 Å². The van der Waals surface area contributed by atoms with Crippen molar-refractivity contribution < 1.29 is 13.5 Å². The van der Waals surface area contributed by atoms with Crippen LogP contribution in [-0.4, -0.2) is 66.3 Å². The molecule has 0 unspecified atom stereocenters. The van der Waals surface area contributed by atoms with Crippen LogP contribution < -0.4 is 0 Å². The average Bonchev–Trinajstić information content (AvgIpc) is 2.63. The van der Waals surface area contributed by atoms with Crippen LogP contribution in [0.25, 0.3) is 0 Å². The lowest BCUT2D eigenvalue weighted by Gasteiger charge is -2.55. The zero-order chi connectivity index (χ0) is 18.7. The summed E-state index contributed by atoms with van der Waals surface area (Å²) in [5.41, 5.74) is 2.03. The molecular weight excluding hydrogens is 350 g/mol. The largest absolute Gasteiger partial charge is 0.395 e. The Morgan fingerprint density at radius 1 is 1.12 bits per heavy atom. The number of aliphatic hydroxyl groups excluding tert-OH is 1. The van der Waals surface area contributed by atoms with Crippen LogP contribution in [0.4, 0.5) is 0 Å². The van der Waals surface area contributed by atoms with Crippen LogP contribution in [0.1, 0.15) is 17.2 Å². The minimum atomic E-state index is -3.27. The Morgan fingerprint density at radius 3 is 2.38 bits per heavy atom. The van der Waals surface area contributed by atoms with E-state index in [1.165, 1.54) is 10.6 Å². The first-order valence-electron chi connectivity index (χ1n) is 8.64. The van der Waals surface area contributed by atoms with E-state index in [0.29, 0.717) is 13.1 Å². The van der Waals surface area contributed by atoms with Crippen LogP contribution in [0.5, 0.6) is 0 Å². The van der Waals surface area contributed by atoms with Gasteiger partial charge in [0.05, 0.1) is 18.6 Å². The van der Waals surface area contributed by atoms with Gasteiger partial charge in [0, 0.05) is 44.3 Å². The smallest absolute Gasteiger partial charge is 0.211 e. The highest BCUT2D eigenvalue weighted by Crippen LogP contribution is 2.41. The van der Waals surface area contributed by atoms with Gasteiger partial charge in [-0.2, -0.15) is 0 Å². The lowest BCUT2D eigenvalue weighted by Crippen LogP contribution is -2.66. The molecule has 140 valence electrons. The number of benzene rings is 1. The first-order chi connectivity index (χ1) is 12.4. The Hall–Kier alpha value is -1.80. The van der Waals surface area contributed by atoms with Crippen LogP contribution >= 0.6 is 0 Å². The van der Waals surface area contributed by atoms with Crippen molar-refractivity contribution in [2.24, 2.45) is 0 Å². The molecular formula is C19H25N3O3S. The van der Waals surface area contributed by atoms with Gasteiger partial charge in [-0.25, -0.2) is 12.7 Å². The van der Waals surface area contributed by atoms with Gasteiger partial charge < -0.3 is 5.11 Å². The predicted molar refractivity (Wildman–Crippen MR) is 101 cm³/mol. The molecule has 1 fully saturated rings. The number of sulfonamides is 1. The van der Waals surface area contributed by atoms with Crippen LogP contribution in [-0.2, 0) is 16.6 Å². The van der Waals surface area contributed by atoms with Crippen molar-refractivity contribution in [1.29, 1.82) is 0 Å². The summed E-state index contributed by atoms with van der Waals surface area (Å²) >= 11 is 0. The standard InChI is InChI=1S/C19H25N3O3S/c1-21(26(2,24)25)13-17-19(15-8-4-3-5-9-15)18(14-23)22(17)12-16-10-6-7-11-20-16/h3-11,17-19,23H,12-14H2,1-2H3/t17-,18+,19+/m0/s1. The molecule has 26 heavy (non-hydrogen) atoms. The van der Waals surface area contributed by atoms with Crippen molar-refractivity contribution in [1.82, 2.24) is 14.2 Å². The van der Waals surface area contributed by atoms with Gasteiger partial charge in [0.15, 0.2) is 0 Å². The third-order valence-electron chi connectivity index (χ3n) is 5.13. The van der Waals surface area contributed by atoms with E-state index in [0.717, 1.165) is 11.3 Å². The Morgan fingerprint density at radius 2 is 1.81 bits per heavy atom. The molecule has 3 atom stereocenters. The molecule has 0 bridgehead atoms. The van der Waals surface area contributed by atoms with E-state index in [2.05, 4.69) is 9.88 Å². The van der Waals surface area contributed by atoms with E-state index in [-0.39, 0.29) is 24.6 Å². The minimum absolute atomic E-state index is 0.0173. The van der Waals surface area contributed by atoms with Crippen LogP contribution in [0.15, 0.2) is 54.7 Å². The average molecular weight is 375 g/mol. The van der Waals surface area contributed by atoms with Gasteiger partial charge >= 0.3 is 0 Å². The Labute approximate surface area is 155 Å². The van der Waals surface area contributed by atoms with Crippen molar-refractivity contribution in [2.75, 3.05) is 26.5 Å². The number of nitrogens with zero attached hydrogens (tertiary/aromatic N) is 3. The maximum Gasteiger partial charge on any atom is 0.211 e. The van der Waals surface area contributed by atoms with E-state index in [1.54, 1.807) is 13.2 Å². The molecule has 2 aromatic rings. The van der Waals surface area contributed by atoms with Crippen LogP contribution in [0, 0.1) is 0 Å². The molecule has 3 rings (SSSR count). The third kappa shape index (κ3) is 3.96. The molecule has 1 aliphatic heterocycles. The summed E-state index contributed by atoms with van der Waals surface area (Å²) in [6.45, 7) is 0.977. The number of rotatable bonds is 7. The second-order valence-electron chi connectivity index (χ2n) is 6.79. The summed E-state index contributed by atoms with van der Waals surface area (Å²) in [7, 11) is -1.67. The number of hydrogen-bond donors (Lipinski definition) is 1. The van der Waals surface area contributed by atoms with Gasteiger partial charge in [-0.05, 0) is 17.7 Å². The summed E-state index contributed by atoms with van der Waals surface area (Å²) < 4.78 is 25.2. The van der Waals surface area contributed by atoms with Gasteiger partial charge in [-0.3, -0.25) is 9.88 Å². The zero-order valence-electron chi connectivity index (χ0n) is 15.1. The van der Waals surface area contributed by atoms with E-state index >= 15 is 0 Å². The lowest BCUT2D eigenvalue weighted by molar-refractivity contribution is -0.0552. The summed E-state index contributed by atoms with van der Waals surface area (Å²) in [4.78, 5) is 6.53. The molecule has 6 nitrogen and oxygen atoms in total. The van der Waals surface area contributed by atoms with Crippen molar-refractivity contribution in [3.8, 4) is 0 Å². The number of likely N-dealkylation sites (tertiary alicyclic amines) is 1. The summed E-state index contributed by atoms with van der Waals surface area (Å²) in [6.07, 6.45) is 2.96. The Kier molecular flexibility index (Phi) is 5.72. The van der Waals surface area contributed by atoms with Gasteiger partial charge in [0.2, 0.25) is 10.0 Å². The quantitative estimate of drug-likeness (QED) is 0.790. The zero-order valence-corrected chi connectivity index (χ0v) is 15.9.